The lowest BCUT2D eigenvalue weighted by Crippen LogP contribution is -2.59. The topological polar surface area (TPSA) is 81.0 Å². The third-order valence-corrected chi connectivity index (χ3v) is 6.56. The number of amides is 1. The summed E-state index contributed by atoms with van der Waals surface area (Å²) in [6.45, 7) is 3.06. The molecule has 8 nitrogen and oxygen atoms in total. The van der Waals surface area contributed by atoms with E-state index in [-0.39, 0.29) is 24.1 Å². The fourth-order valence-electron chi connectivity index (χ4n) is 4.72. The Morgan fingerprint density at radius 2 is 2.13 bits per heavy atom. The van der Waals surface area contributed by atoms with Gasteiger partial charge in [-0.2, -0.15) is 5.10 Å². The molecule has 1 amide bonds. The summed E-state index contributed by atoms with van der Waals surface area (Å²) in [5.74, 6) is 0.445. The molecule has 1 atom stereocenters. The van der Waals surface area contributed by atoms with Crippen LogP contribution in [0.15, 0.2) is 30.7 Å². The molecule has 3 aromatic rings. The minimum Gasteiger partial charge on any atom is -0.487 e. The maximum Gasteiger partial charge on any atom is 0.255 e. The Bertz CT molecular complexity index is 1210. The summed E-state index contributed by atoms with van der Waals surface area (Å²) >= 11 is 0. The van der Waals surface area contributed by atoms with Crippen molar-refractivity contribution < 1.29 is 18.7 Å². The van der Waals surface area contributed by atoms with Crippen molar-refractivity contribution in [1.82, 2.24) is 19.9 Å². The first-order valence-electron chi connectivity index (χ1n) is 10.5. The lowest BCUT2D eigenvalue weighted by molar-refractivity contribution is 0.0927. The van der Waals surface area contributed by atoms with E-state index in [9.17, 15) is 9.18 Å². The van der Waals surface area contributed by atoms with E-state index in [1.165, 1.54) is 6.07 Å². The molecule has 0 saturated heterocycles. The molecule has 6 rings (SSSR count). The Hall–Kier alpha value is -3.36. The van der Waals surface area contributed by atoms with Crippen LogP contribution in [0, 0.1) is 5.82 Å². The van der Waals surface area contributed by atoms with Gasteiger partial charge in [-0.15, -0.1) is 0 Å². The number of aromatic nitrogens is 3. The Morgan fingerprint density at radius 1 is 1.26 bits per heavy atom. The van der Waals surface area contributed by atoms with Gasteiger partial charge in [0.1, 0.15) is 19.0 Å². The molecule has 1 fully saturated rings. The molecule has 1 aliphatic carbocycles. The van der Waals surface area contributed by atoms with Crippen molar-refractivity contribution in [3.05, 3.63) is 47.7 Å². The number of halogens is 1. The zero-order chi connectivity index (χ0) is 21.2. The molecule has 31 heavy (non-hydrogen) atoms. The lowest BCUT2D eigenvalue weighted by atomic mass is 9.74. The summed E-state index contributed by atoms with van der Waals surface area (Å²) in [6, 6.07) is 3.16. The molecular weight excluding hydrogens is 401 g/mol. The monoisotopic (exact) mass is 423 g/mol. The van der Waals surface area contributed by atoms with Crippen molar-refractivity contribution >= 4 is 17.1 Å². The van der Waals surface area contributed by atoms with Crippen LogP contribution in [0.5, 0.6) is 11.6 Å². The highest BCUT2D eigenvalue weighted by atomic mass is 19.1. The molecule has 5 heterocycles. The van der Waals surface area contributed by atoms with E-state index in [2.05, 4.69) is 20.3 Å². The molecule has 2 bridgehead atoms. The predicted octanol–water partition coefficient (Wildman–Crippen LogP) is 2.70. The van der Waals surface area contributed by atoms with Crippen molar-refractivity contribution in [2.75, 3.05) is 18.1 Å². The van der Waals surface area contributed by atoms with Crippen LogP contribution < -0.4 is 19.7 Å². The number of carbonyl (C=O) groups is 1. The average Bonchev–Trinajstić information content (AvgIpc) is 3.13. The standard InChI is InChI=1S/C22H22FN5O3/c1-13-11-30-21-14(5-15(23)7-24-21)9-27-18-6-17-16(20(29)26-13)8-25-28(17)10-19(18)31-12-22(27)3-2-4-22/h5-8,10,13H,2-4,9,11-12H2,1H3,(H,26,29)/t13-/m1/s1. The Labute approximate surface area is 178 Å². The quantitative estimate of drug-likeness (QED) is 0.599. The van der Waals surface area contributed by atoms with Gasteiger partial charge >= 0.3 is 0 Å². The molecule has 2 aliphatic heterocycles. The van der Waals surface area contributed by atoms with Gasteiger partial charge in [0.05, 0.1) is 46.9 Å². The van der Waals surface area contributed by atoms with Crippen molar-refractivity contribution in [1.29, 1.82) is 0 Å². The predicted molar refractivity (Wildman–Crippen MR) is 110 cm³/mol. The van der Waals surface area contributed by atoms with Crippen LogP contribution in [0.2, 0.25) is 0 Å². The number of pyridine rings is 2. The summed E-state index contributed by atoms with van der Waals surface area (Å²) in [5.41, 5.74) is 2.57. The molecule has 0 unspecified atom stereocenters. The summed E-state index contributed by atoms with van der Waals surface area (Å²) in [6.07, 6.45) is 7.62. The van der Waals surface area contributed by atoms with Crippen LogP contribution in [-0.2, 0) is 6.54 Å². The van der Waals surface area contributed by atoms with Crippen molar-refractivity contribution in [3.8, 4) is 11.6 Å². The number of nitrogens with zero attached hydrogens (tertiary/aromatic N) is 4. The second-order valence-corrected chi connectivity index (χ2v) is 8.67. The fourth-order valence-corrected chi connectivity index (χ4v) is 4.72. The van der Waals surface area contributed by atoms with E-state index in [1.54, 1.807) is 10.7 Å². The van der Waals surface area contributed by atoms with Crippen LogP contribution in [0.4, 0.5) is 10.1 Å². The normalized spacial score (nSPS) is 21.8. The van der Waals surface area contributed by atoms with E-state index < -0.39 is 5.82 Å². The van der Waals surface area contributed by atoms with Gasteiger partial charge in [0.15, 0.2) is 5.75 Å². The maximum atomic E-state index is 14.1. The minimum atomic E-state index is -0.405. The molecular formula is C22H22FN5O3. The van der Waals surface area contributed by atoms with Crippen LogP contribution in [0.3, 0.4) is 0 Å². The minimum absolute atomic E-state index is 0.162. The van der Waals surface area contributed by atoms with Gasteiger partial charge in [-0.1, -0.05) is 0 Å². The average molecular weight is 423 g/mol. The Kier molecular flexibility index (Phi) is 3.90. The lowest BCUT2D eigenvalue weighted by Gasteiger charge is -2.54. The van der Waals surface area contributed by atoms with Gasteiger partial charge in [-0.05, 0) is 38.3 Å². The van der Waals surface area contributed by atoms with Crippen LogP contribution in [0.1, 0.15) is 42.1 Å². The summed E-state index contributed by atoms with van der Waals surface area (Å²) in [4.78, 5) is 19.4. The molecule has 1 spiro atoms. The molecule has 160 valence electrons. The Balaban J connectivity index is 1.56. The van der Waals surface area contributed by atoms with Crippen molar-refractivity contribution in [3.63, 3.8) is 0 Å². The molecule has 3 aromatic heterocycles. The van der Waals surface area contributed by atoms with Crippen LogP contribution in [0.25, 0.3) is 5.52 Å². The van der Waals surface area contributed by atoms with Gasteiger partial charge in [0.25, 0.3) is 5.91 Å². The highest BCUT2D eigenvalue weighted by Crippen LogP contribution is 2.49. The zero-order valence-electron chi connectivity index (χ0n) is 17.1. The van der Waals surface area contributed by atoms with E-state index in [0.29, 0.717) is 41.4 Å². The number of anilines is 1. The van der Waals surface area contributed by atoms with E-state index in [0.717, 1.165) is 31.1 Å². The van der Waals surface area contributed by atoms with Gasteiger partial charge < -0.3 is 19.7 Å². The number of nitrogens with one attached hydrogen (secondary N) is 1. The van der Waals surface area contributed by atoms with Gasteiger partial charge in [0, 0.05) is 12.1 Å². The van der Waals surface area contributed by atoms with Gasteiger partial charge in [-0.3, -0.25) is 4.79 Å². The number of hydrogen-bond acceptors (Lipinski definition) is 6. The number of rotatable bonds is 0. The molecule has 9 heteroatoms. The second-order valence-electron chi connectivity index (χ2n) is 8.67. The van der Waals surface area contributed by atoms with Gasteiger partial charge in [-0.25, -0.2) is 13.9 Å². The van der Waals surface area contributed by atoms with Gasteiger partial charge in [0.2, 0.25) is 5.88 Å². The van der Waals surface area contributed by atoms with E-state index in [4.69, 9.17) is 9.47 Å². The summed E-state index contributed by atoms with van der Waals surface area (Å²) in [5, 5.41) is 7.29. The third kappa shape index (κ3) is 2.83. The first kappa shape index (κ1) is 18.4. The number of hydrogen-bond donors (Lipinski definition) is 1. The zero-order valence-corrected chi connectivity index (χ0v) is 17.1. The number of ether oxygens (including phenoxy) is 2. The summed E-state index contributed by atoms with van der Waals surface area (Å²) < 4.78 is 27.9. The molecule has 0 radical (unpaired) electrons. The highest BCUT2D eigenvalue weighted by molar-refractivity contribution is 6.01. The Morgan fingerprint density at radius 3 is 2.94 bits per heavy atom. The molecule has 0 aromatic carbocycles. The second kappa shape index (κ2) is 6.57. The number of fused-ring (bicyclic) bond motifs is 2. The van der Waals surface area contributed by atoms with E-state index in [1.807, 2.05) is 19.2 Å². The van der Waals surface area contributed by atoms with Crippen molar-refractivity contribution in [2.24, 2.45) is 0 Å². The molecule has 1 N–H and O–H groups in total. The largest absolute Gasteiger partial charge is 0.487 e. The maximum absolute atomic E-state index is 14.1. The smallest absolute Gasteiger partial charge is 0.255 e. The summed E-state index contributed by atoms with van der Waals surface area (Å²) in [7, 11) is 0. The third-order valence-electron chi connectivity index (χ3n) is 6.56. The first-order valence-corrected chi connectivity index (χ1v) is 10.5. The highest BCUT2D eigenvalue weighted by Gasteiger charge is 2.47. The van der Waals surface area contributed by atoms with Crippen molar-refractivity contribution in [2.45, 2.75) is 44.3 Å². The fraction of sp³-hybridized carbons (Fsp3) is 0.409. The SMILES string of the molecule is C[C@@H]1COc2ncc(F)cc2CN2c3cc4c(cnn4cc3OCC23CCC3)C(=O)N1. The van der Waals surface area contributed by atoms with Crippen LogP contribution in [-0.4, -0.2) is 45.3 Å². The first-order chi connectivity index (χ1) is 15.0. The molecule has 3 aliphatic rings. The van der Waals surface area contributed by atoms with Crippen LogP contribution >= 0.6 is 0 Å². The van der Waals surface area contributed by atoms with E-state index >= 15 is 0 Å². The molecule has 1 saturated carbocycles. The number of carbonyl (C=O) groups excluding carboxylic acids is 1.